The van der Waals surface area contributed by atoms with E-state index in [-0.39, 0.29) is 19.1 Å². The van der Waals surface area contributed by atoms with Crippen LogP contribution in [-0.2, 0) is 4.79 Å². The summed E-state index contributed by atoms with van der Waals surface area (Å²) in [5.74, 6) is 0.240. The number of hydrogen-bond donors (Lipinski definition) is 2. The van der Waals surface area contributed by atoms with E-state index in [2.05, 4.69) is 5.32 Å². The summed E-state index contributed by atoms with van der Waals surface area (Å²) >= 11 is 5.93. The summed E-state index contributed by atoms with van der Waals surface area (Å²) in [4.78, 5) is 11.7. The third kappa shape index (κ3) is 4.39. The summed E-state index contributed by atoms with van der Waals surface area (Å²) in [6.45, 7) is 0.192. The van der Waals surface area contributed by atoms with Crippen LogP contribution in [0.5, 0.6) is 5.75 Å². The van der Waals surface area contributed by atoms with Gasteiger partial charge in [-0.3, -0.25) is 4.79 Å². The van der Waals surface area contributed by atoms with Crippen LogP contribution in [0.4, 0.5) is 0 Å². The lowest BCUT2D eigenvalue weighted by Gasteiger charge is -2.32. The highest BCUT2D eigenvalue weighted by molar-refractivity contribution is 6.32. The van der Waals surface area contributed by atoms with Gasteiger partial charge in [-0.05, 0) is 25.0 Å². The molecule has 2 rings (SSSR count). The number of aliphatic hydroxyl groups is 1. The second-order valence-electron chi connectivity index (χ2n) is 5.28. The van der Waals surface area contributed by atoms with Crippen molar-refractivity contribution in [1.29, 1.82) is 0 Å². The largest absolute Gasteiger partial charge is 0.482 e. The van der Waals surface area contributed by atoms with Gasteiger partial charge in [-0.1, -0.05) is 43.0 Å². The van der Waals surface area contributed by atoms with Gasteiger partial charge in [-0.2, -0.15) is 0 Å². The fourth-order valence-electron chi connectivity index (χ4n) is 2.41. The maximum absolute atomic E-state index is 11.7. The van der Waals surface area contributed by atoms with Crippen molar-refractivity contribution >= 4 is 17.5 Å². The number of amides is 1. The van der Waals surface area contributed by atoms with E-state index in [1.54, 1.807) is 24.3 Å². The Morgan fingerprint density at radius 1 is 1.30 bits per heavy atom. The molecule has 20 heavy (non-hydrogen) atoms. The Morgan fingerprint density at radius 3 is 2.70 bits per heavy atom. The number of carbonyl (C=O) groups excluding carboxylic acids is 1. The van der Waals surface area contributed by atoms with E-state index in [0.717, 1.165) is 32.1 Å². The third-order valence-electron chi connectivity index (χ3n) is 3.59. The van der Waals surface area contributed by atoms with Crippen molar-refractivity contribution in [2.45, 2.75) is 37.7 Å². The normalized spacial score (nSPS) is 17.5. The Bertz CT molecular complexity index is 458. The lowest BCUT2D eigenvalue weighted by Crippen LogP contribution is -2.45. The lowest BCUT2D eigenvalue weighted by atomic mass is 9.85. The molecule has 0 saturated heterocycles. The number of rotatable bonds is 5. The molecule has 4 nitrogen and oxygen atoms in total. The predicted molar refractivity (Wildman–Crippen MR) is 78.0 cm³/mol. The summed E-state index contributed by atoms with van der Waals surface area (Å²) in [7, 11) is 0. The van der Waals surface area contributed by atoms with Crippen LogP contribution in [0.1, 0.15) is 32.1 Å². The number of para-hydroxylation sites is 1. The van der Waals surface area contributed by atoms with E-state index in [9.17, 15) is 9.90 Å². The number of benzene rings is 1. The standard InChI is InChI=1S/C15H20ClNO3/c16-12-6-2-3-7-13(12)20-10-14(18)17-11-15(19)8-4-1-5-9-15/h2-3,6-7,19H,1,4-5,8-11H2,(H,17,18). The third-order valence-corrected chi connectivity index (χ3v) is 3.91. The fraction of sp³-hybridized carbons (Fsp3) is 0.533. The minimum Gasteiger partial charge on any atom is -0.482 e. The van der Waals surface area contributed by atoms with Gasteiger partial charge in [0.15, 0.2) is 6.61 Å². The molecule has 0 unspecified atom stereocenters. The monoisotopic (exact) mass is 297 g/mol. The van der Waals surface area contributed by atoms with Crippen molar-refractivity contribution in [2.24, 2.45) is 0 Å². The average molecular weight is 298 g/mol. The summed E-state index contributed by atoms with van der Waals surface area (Å²) < 4.78 is 5.35. The van der Waals surface area contributed by atoms with Gasteiger partial charge in [0.1, 0.15) is 5.75 Å². The smallest absolute Gasteiger partial charge is 0.258 e. The molecule has 1 aromatic rings. The first-order chi connectivity index (χ1) is 9.59. The van der Waals surface area contributed by atoms with Crippen LogP contribution >= 0.6 is 11.6 Å². The zero-order chi connectivity index (χ0) is 14.4. The quantitative estimate of drug-likeness (QED) is 0.878. The zero-order valence-electron chi connectivity index (χ0n) is 11.4. The maximum Gasteiger partial charge on any atom is 0.258 e. The second kappa shape index (κ2) is 6.95. The summed E-state index contributed by atoms with van der Waals surface area (Å²) in [6.07, 6.45) is 4.69. The first kappa shape index (κ1) is 15.1. The topological polar surface area (TPSA) is 58.6 Å². The minimum absolute atomic E-state index is 0.0974. The molecular formula is C15H20ClNO3. The molecule has 1 amide bonds. The maximum atomic E-state index is 11.7. The Hall–Kier alpha value is -1.26. The molecule has 0 heterocycles. The average Bonchev–Trinajstić information content (AvgIpc) is 2.45. The Labute approximate surface area is 124 Å². The first-order valence-corrected chi connectivity index (χ1v) is 7.33. The Balaban J connectivity index is 1.74. The van der Waals surface area contributed by atoms with Crippen LogP contribution in [0.25, 0.3) is 0 Å². The highest BCUT2D eigenvalue weighted by Crippen LogP contribution is 2.27. The van der Waals surface area contributed by atoms with Gasteiger partial charge in [0.05, 0.1) is 10.6 Å². The molecule has 110 valence electrons. The van der Waals surface area contributed by atoms with Gasteiger partial charge >= 0.3 is 0 Å². The van der Waals surface area contributed by atoms with Gasteiger partial charge in [-0.25, -0.2) is 0 Å². The van der Waals surface area contributed by atoms with Crippen molar-refractivity contribution < 1.29 is 14.6 Å². The van der Waals surface area contributed by atoms with Gasteiger partial charge in [0, 0.05) is 6.54 Å². The van der Waals surface area contributed by atoms with E-state index < -0.39 is 5.60 Å². The molecule has 0 radical (unpaired) electrons. The molecule has 0 aromatic heterocycles. The van der Waals surface area contributed by atoms with Crippen molar-refractivity contribution in [1.82, 2.24) is 5.32 Å². The summed E-state index contributed by atoms with van der Waals surface area (Å²) in [6, 6.07) is 7.02. The number of halogens is 1. The van der Waals surface area contributed by atoms with Crippen molar-refractivity contribution in [2.75, 3.05) is 13.2 Å². The molecule has 1 aliphatic rings. The number of nitrogens with one attached hydrogen (secondary N) is 1. The van der Waals surface area contributed by atoms with Gasteiger partial charge in [0.2, 0.25) is 0 Å². The molecule has 1 fully saturated rings. The molecule has 0 aliphatic heterocycles. The van der Waals surface area contributed by atoms with E-state index in [1.807, 2.05) is 0 Å². The van der Waals surface area contributed by atoms with E-state index in [4.69, 9.17) is 16.3 Å². The van der Waals surface area contributed by atoms with Crippen LogP contribution in [-0.4, -0.2) is 29.8 Å². The van der Waals surface area contributed by atoms with Crippen LogP contribution < -0.4 is 10.1 Å². The van der Waals surface area contributed by atoms with E-state index >= 15 is 0 Å². The van der Waals surface area contributed by atoms with Gasteiger partial charge in [0.25, 0.3) is 5.91 Å². The molecule has 0 bridgehead atoms. The molecule has 2 N–H and O–H groups in total. The summed E-state index contributed by atoms with van der Waals surface area (Å²) in [5, 5.41) is 13.5. The van der Waals surface area contributed by atoms with Gasteiger partial charge in [-0.15, -0.1) is 0 Å². The van der Waals surface area contributed by atoms with E-state index in [1.165, 1.54) is 0 Å². The number of carbonyl (C=O) groups is 1. The van der Waals surface area contributed by atoms with Crippen molar-refractivity contribution in [3.63, 3.8) is 0 Å². The zero-order valence-corrected chi connectivity index (χ0v) is 12.2. The second-order valence-corrected chi connectivity index (χ2v) is 5.69. The molecule has 0 atom stereocenters. The molecular weight excluding hydrogens is 278 g/mol. The highest BCUT2D eigenvalue weighted by Gasteiger charge is 2.29. The molecule has 1 aromatic carbocycles. The SMILES string of the molecule is O=C(COc1ccccc1Cl)NCC1(O)CCCCC1. The Morgan fingerprint density at radius 2 is 2.00 bits per heavy atom. The lowest BCUT2D eigenvalue weighted by molar-refractivity contribution is -0.124. The van der Waals surface area contributed by atoms with Crippen LogP contribution in [0.2, 0.25) is 5.02 Å². The van der Waals surface area contributed by atoms with Gasteiger partial charge < -0.3 is 15.2 Å². The highest BCUT2D eigenvalue weighted by atomic mass is 35.5. The van der Waals surface area contributed by atoms with Crippen molar-refractivity contribution in [3.8, 4) is 5.75 Å². The fourth-order valence-corrected chi connectivity index (χ4v) is 2.60. The van der Waals surface area contributed by atoms with Crippen LogP contribution in [0.15, 0.2) is 24.3 Å². The van der Waals surface area contributed by atoms with Crippen molar-refractivity contribution in [3.05, 3.63) is 29.3 Å². The van der Waals surface area contributed by atoms with Crippen LogP contribution in [0.3, 0.4) is 0 Å². The predicted octanol–water partition coefficient (Wildman–Crippen LogP) is 2.53. The molecule has 5 heteroatoms. The van der Waals surface area contributed by atoms with E-state index in [0.29, 0.717) is 10.8 Å². The Kier molecular flexibility index (Phi) is 5.26. The van der Waals surface area contributed by atoms with Crippen LogP contribution in [0, 0.1) is 0 Å². The molecule has 0 spiro atoms. The summed E-state index contributed by atoms with van der Waals surface area (Å²) in [5.41, 5.74) is -0.752. The molecule has 1 aliphatic carbocycles. The molecule has 1 saturated carbocycles. The minimum atomic E-state index is -0.752. The number of hydrogen-bond acceptors (Lipinski definition) is 3. The first-order valence-electron chi connectivity index (χ1n) is 6.95. The number of ether oxygens (including phenoxy) is 1.